The molecule has 1 fully saturated rings. The Hall–Kier alpha value is -2.92. The Labute approximate surface area is 225 Å². The Bertz CT molecular complexity index is 1350. The first kappa shape index (κ1) is 26.2. The zero-order valence-corrected chi connectivity index (χ0v) is 22.3. The number of carbonyl (C=O) groups is 3. The fourth-order valence-corrected chi connectivity index (χ4v) is 5.73. The van der Waals surface area contributed by atoms with E-state index in [1.807, 2.05) is 0 Å². The summed E-state index contributed by atoms with van der Waals surface area (Å²) in [6.07, 6.45) is 1.41. The lowest BCUT2D eigenvalue weighted by atomic mass is 10.1. The molecule has 0 aliphatic carbocycles. The first-order chi connectivity index (χ1) is 17.2. The highest BCUT2D eigenvalue weighted by molar-refractivity contribution is 7.16. The molecule has 4 rings (SSSR count). The number of carbonyl (C=O) groups excluding carboxylic acids is 3. The Morgan fingerprint density at radius 1 is 1.14 bits per heavy atom. The number of aromatic hydroxyl groups is 1. The third-order valence-corrected chi connectivity index (χ3v) is 8.39. The molecule has 36 heavy (non-hydrogen) atoms. The molecule has 2 aromatic heterocycles. The summed E-state index contributed by atoms with van der Waals surface area (Å²) in [5.74, 6) is -0.639. The maximum Gasteiger partial charge on any atom is 0.281 e. The van der Waals surface area contributed by atoms with E-state index in [-0.39, 0.29) is 17.6 Å². The quantitative estimate of drug-likeness (QED) is 0.264. The van der Waals surface area contributed by atoms with Crippen molar-refractivity contribution in [1.82, 2.24) is 15.6 Å². The van der Waals surface area contributed by atoms with Crippen molar-refractivity contribution < 1.29 is 19.5 Å². The molecular weight excluding hydrogens is 543 g/mol. The average Bonchev–Trinajstić information content (AvgIpc) is 3.60. The van der Waals surface area contributed by atoms with Gasteiger partial charge >= 0.3 is 0 Å². The van der Waals surface area contributed by atoms with E-state index in [1.54, 1.807) is 47.5 Å². The van der Waals surface area contributed by atoms with Crippen LogP contribution < -0.4 is 10.7 Å². The highest BCUT2D eigenvalue weighted by Gasteiger charge is 2.20. The topological polar surface area (TPSA) is 111 Å². The molecule has 1 aromatic carbocycles. The molecule has 3 heterocycles. The van der Waals surface area contributed by atoms with Gasteiger partial charge in [0, 0.05) is 31.4 Å². The fraction of sp³-hybridized carbons (Fsp3) is 0.250. The van der Waals surface area contributed by atoms with E-state index >= 15 is 0 Å². The van der Waals surface area contributed by atoms with Gasteiger partial charge < -0.3 is 15.3 Å². The van der Waals surface area contributed by atoms with Crippen LogP contribution in [-0.2, 0) is 4.79 Å². The van der Waals surface area contributed by atoms with Gasteiger partial charge in [0.05, 0.1) is 36.0 Å². The van der Waals surface area contributed by atoms with Gasteiger partial charge in [0.1, 0.15) is 5.75 Å². The molecule has 3 aromatic rings. The van der Waals surface area contributed by atoms with Crippen molar-refractivity contribution >= 4 is 69.3 Å². The maximum absolute atomic E-state index is 12.6. The zero-order valence-electron chi connectivity index (χ0n) is 19.1. The smallest absolute Gasteiger partial charge is 0.281 e. The number of amides is 3. The lowest BCUT2D eigenvalue weighted by Gasteiger charge is -2.15. The second kappa shape index (κ2) is 11.4. The van der Waals surface area contributed by atoms with Crippen molar-refractivity contribution in [2.45, 2.75) is 19.8 Å². The summed E-state index contributed by atoms with van der Waals surface area (Å²) in [7, 11) is 0. The summed E-state index contributed by atoms with van der Waals surface area (Å²) in [5, 5.41) is 20.1. The summed E-state index contributed by atoms with van der Waals surface area (Å²) in [5.41, 5.74) is 4.07. The first-order valence-corrected chi connectivity index (χ1v) is 13.5. The van der Waals surface area contributed by atoms with Gasteiger partial charge in [-0.1, -0.05) is 29.3 Å². The second-order valence-electron chi connectivity index (χ2n) is 8.00. The maximum atomic E-state index is 12.6. The third kappa shape index (κ3) is 5.89. The van der Waals surface area contributed by atoms with E-state index in [9.17, 15) is 19.5 Å². The monoisotopic (exact) mass is 564 g/mol. The molecule has 0 saturated carbocycles. The Morgan fingerprint density at radius 3 is 2.58 bits per heavy atom. The number of hydrogen-bond acceptors (Lipinski definition) is 7. The SMILES string of the molecule is C/C(=N/NC(=O)c1ccc(C(=O)NCCN2CCCC2=O)s1)c1csc(-c2ccc(Cl)c(Cl)c2)c1O. The minimum absolute atomic E-state index is 0.0274. The molecule has 3 amide bonds. The van der Waals surface area contributed by atoms with Crippen molar-refractivity contribution in [1.29, 1.82) is 0 Å². The van der Waals surface area contributed by atoms with Crippen LogP contribution in [0.5, 0.6) is 5.75 Å². The summed E-state index contributed by atoms with van der Waals surface area (Å²) < 4.78 is 0. The molecule has 1 aliphatic heterocycles. The molecule has 8 nitrogen and oxygen atoms in total. The number of rotatable bonds is 8. The minimum Gasteiger partial charge on any atom is -0.506 e. The molecule has 0 atom stereocenters. The van der Waals surface area contributed by atoms with E-state index in [2.05, 4.69) is 15.8 Å². The molecule has 12 heteroatoms. The number of benzene rings is 1. The molecule has 3 N–H and O–H groups in total. The van der Waals surface area contributed by atoms with E-state index in [0.29, 0.717) is 61.0 Å². The Morgan fingerprint density at radius 2 is 1.89 bits per heavy atom. The van der Waals surface area contributed by atoms with Gasteiger partial charge in [-0.25, -0.2) is 5.43 Å². The number of hydrogen-bond donors (Lipinski definition) is 3. The number of nitrogens with zero attached hydrogens (tertiary/aromatic N) is 2. The van der Waals surface area contributed by atoms with Crippen LogP contribution >= 0.6 is 45.9 Å². The van der Waals surface area contributed by atoms with E-state index < -0.39 is 5.91 Å². The second-order valence-corrected chi connectivity index (χ2v) is 10.8. The lowest BCUT2D eigenvalue weighted by molar-refractivity contribution is -0.127. The van der Waals surface area contributed by atoms with Gasteiger partial charge in [0.25, 0.3) is 11.8 Å². The van der Waals surface area contributed by atoms with Crippen LogP contribution in [0, 0.1) is 0 Å². The van der Waals surface area contributed by atoms with Crippen molar-refractivity contribution in [3.8, 4) is 16.2 Å². The molecule has 188 valence electrons. The Kier molecular flexibility index (Phi) is 8.30. The third-order valence-electron chi connectivity index (χ3n) is 5.55. The molecule has 0 radical (unpaired) electrons. The zero-order chi connectivity index (χ0) is 25.8. The molecule has 0 bridgehead atoms. The summed E-state index contributed by atoms with van der Waals surface area (Å²) >= 11 is 14.4. The van der Waals surface area contributed by atoms with Crippen molar-refractivity contribution in [2.75, 3.05) is 19.6 Å². The predicted octanol–water partition coefficient (Wildman–Crippen LogP) is 5.00. The minimum atomic E-state index is -0.472. The van der Waals surface area contributed by atoms with Crippen LogP contribution in [0.3, 0.4) is 0 Å². The van der Waals surface area contributed by atoms with Crippen LogP contribution in [0.2, 0.25) is 10.0 Å². The van der Waals surface area contributed by atoms with Gasteiger partial charge in [-0.15, -0.1) is 22.7 Å². The van der Waals surface area contributed by atoms with Gasteiger partial charge in [-0.3, -0.25) is 14.4 Å². The van der Waals surface area contributed by atoms with Crippen LogP contribution in [-0.4, -0.2) is 53.1 Å². The molecule has 0 unspecified atom stereocenters. The van der Waals surface area contributed by atoms with Gasteiger partial charge in [0.2, 0.25) is 5.91 Å². The van der Waals surface area contributed by atoms with Gasteiger partial charge in [-0.05, 0) is 43.2 Å². The Balaban J connectivity index is 1.35. The molecule has 0 spiro atoms. The summed E-state index contributed by atoms with van der Waals surface area (Å²) in [4.78, 5) is 39.6. The average molecular weight is 566 g/mol. The van der Waals surface area contributed by atoms with Crippen molar-refractivity contribution in [2.24, 2.45) is 5.10 Å². The normalized spacial score (nSPS) is 13.8. The predicted molar refractivity (Wildman–Crippen MR) is 144 cm³/mol. The highest BCUT2D eigenvalue weighted by Crippen LogP contribution is 2.40. The standard InChI is InChI=1S/C24H22Cl2N4O4S2/c1-13(15-12-35-22(21(15)32)14-4-5-16(25)17(26)11-14)28-29-24(34)19-7-6-18(36-19)23(33)27-8-10-30-9-2-3-20(30)31/h4-7,11-12,32H,2-3,8-10H2,1H3,(H,27,33)(H,29,34)/b28-13-. The van der Waals surface area contributed by atoms with Crippen LogP contribution in [0.15, 0.2) is 40.8 Å². The molecule has 1 aliphatic rings. The van der Waals surface area contributed by atoms with Crippen LogP contribution in [0.4, 0.5) is 0 Å². The van der Waals surface area contributed by atoms with Crippen molar-refractivity contribution in [3.05, 3.63) is 61.1 Å². The van der Waals surface area contributed by atoms with Crippen LogP contribution in [0.1, 0.15) is 44.7 Å². The van der Waals surface area contributed by atoms with E-state index in [1.165, 1.54) is 11.3 Å². The molecular formula is C24H22Cl2N4O4S2. The van der Waals surface area contributed by atoms with Gasteiger partial charge in [0.15, 0.2) is 0 Å². The first-order valence-electron chi connectivity index (χ1n) is 11.0. The van der Waals surface area contributed by atoms with Crippen molar-refractivity contribution in [3.63, 3.8) is 0 Å². The highest BCUT2D eigenvalue weighted by atomic mass is 35.5. The lowest BCUT2D eigenvalue weighted by Crippen LogP contribution is -2.35. The fourth-order valence-electron chi connectivity index (χ4n) is 3.61. The number of nitrogens with one attached hydrogen (secondary N) is 2. The number of thiophene rings is 2. The molecule has 1 saturated heterocycles. The summed E-state index contributed by atoms with van der Waals surface area (Å²) in [6.45, 7) is 3.21. The van der Waals surface area contributed by atoms with Crippen LogP contribution in [0.25, 0.3) is 10.4 Å². The van der Waals surface area contributed by atoms with Gasteiger partial charge in [-0.2, -0.15) is 5.10 Å². The van der Waals surface area contributed by atoms with E-state index in [4.69, 9.17) is 23.2 Å². The number of likely N-dealkylation sites (tertiary alicyclic amines) is 1. The summed E-state index contributed by atoms with van der Waals surface area (Å²) in [6, 6.07) is 8.20. The largest absolute Gasteiger partial charge is 0.506 e. The number of halogens is 2. The van der Waals surface area contributed by atoms with E-state index in [0.717, 1.165) is 24.3 Å². The number of hydrazone groups is 1.